The van der Waals surface area contributed by atoms with Crippen LogP contribution in [0.2, 0.25) is 0 Å². The van der Waals surface area contributed by atoms with E-state index in [9.17, 15) is 0 Å². The monoisotopic (exact) mass is 1010 g/mol. The number of ether oxygens (including phenoxy) is 5. The van der Waals surface area contributed by atoms with Gasteiger partial charge in [-0.2, -0.15) is 8.75 Å². The average Bonchev–Trinajstić information content (AvgIpc) is 3.91. The van der Waals surface area contributed by atoms with Gasteiger partial charge in [0.25, 0.3) is 0 Å². The normalized spacial score (nSPS) is 11.5. The fourth-order valence-electron chi connectivity index (χ4n) is 9.14. The zero-order chi connectivity index (χ0) is 51.5. The molecular formula is C64H83N3O5S. The van der Waals surface area contributed by atoms with Crippen LogP contribution >= 0.6 is 11.7 Å². The number of fused-ring (bicyclic) bond motifs is 1. The smallest absolute Gasteiger partial charge is 0.163 e. The van der Waals surface area contributed by atoms with Gasteiger partial charge in [0, 0.05) is 45.5 Å². The summed E-state index contributed by atoms with van der Waals surface area (Å²) in [5, 5.41) is 0. The van der Waals surface area contributed by atoms with Crippen molar-refractivity contribution in [1.82, 2.24) is 8.75 Å². The molecular weight excluding hydrogens is 923 g/mol. The van der Waals surface area contributed by atoms with Crippen LogP contribution in [0.4, 0.5) is 0 Å². The van der Waals surface area contributed by atoms with Gasteiger partial charge in [0.15, 0.2) is 5.70 Å². The Bertz CT molecular complexity index is 2550. The number of unbranched alkanes of at least 4 members (excludes halogenated alkanes) is 15. The fourth-order valence-corrected chi connectivity index (χ4v) is 9.71. The van der Waals surface area contributed by atoms with E-state index in [1.54, 1.807) is 0 Å². The summed E-state index contributed by atoms with van der Waals surface area (Å²) in [5.74, 6) is 3.97. The Hall–Kier alpha value is -5.85. The summed E-state index contributed by atoms with van der Waals surface area (Å²) < 4.78 is 43.7. The highest BCUT2D eigenvalue weighted by Crippen LogP contribution is 2.50. The van der Waals surface area contributed by atoms with E-state index in [4.69, 9.17) is 39.0 Å². The molecule has 0 atom stereocenters. The summed E-state index contributed by atoms with van der Waals surface area (Å²) in [6.07, 6.45) is 24.2. The summed E-state index contributed by atoms with van der Waals surface area (Å²) in [7, 11) is 0. The van der Waals surface area contributed by atoms with Crippen molar-refractivity contribution in [3.8, 4) is 73.3 Å². The third-order valence-corrected chi connectivity index (χ3v) is 13.9. The number of allylic oxidation sites excluding steroid dienone is 1. The van der Waals surface area contributed by atoms with Crippen LogP contribution in [0.25, 0.3) is 66.5 Å². The topological polar surface area (TPSA) is 76.3 Å². The van der Waals surface area contributed by atoms with Crippen LogP contribution in [0.15, 0.2) is 90.6 Å². The molecule has 1 aromatic heterocycles. The maximum atomic E-state index is 7.41. The van der Waals surface area contributed by atoms with E-state index in [1.807, 2.05) is 13.0 Å². The first-order valence-corrected chi connectivity index (χ1v) is 28.7. The number of benzene rings is 5. The van der Waals surface area contributed by atoms with Crippen molar-refractivity contribution >= 4 is 28.8 Å². The van der Waals surface area contributed by atoms with Crippen molar-refractivity contribution in [2.45, 2.75) is 170 Å². The molecule has 9 heteroatoms. The van der Waals surface area contributed by atoms with Crippen molar-refractivity contribution in [2.24, 2.45) is 0 Å². The summed E-state index contributed by atoms with van der Waals surface area (Å²) in [6, 6.07) is 29.9. The second-order valence-corrected chi connectivity index (χ2v) is 19.9. The Balaban J connectivity index is 1.57. The highest BCUT2D eigenvalue weighted by molar-refractivity contribution is 7.00. The molecule has 0 unspecified atom stereocenters. The van der Waals surface area contributed by atoms with E-state index < -0.39 is 0 Å². The molecule has 0 radical (unpaired) electrons. The van der Waals surface area contributed by atoms with E-state index in [0.29, 0.717) is 38.7 Å². The third kappa shape index (κ3) is 17.1. The summed E-state index contributed by atoms with van der Waals surface area (Å²) >= 11 is 1.23. The molecule has 0 aliphatic heterocycles. The second kappa shape index (κ2) is 31.7. The van der Waals surface area contributed by atoms with Crippen molar-refractivity contribution in [3.63, 3.8) is 0 Å². The minimum absolute atomic E-state index is 0.568. The average molecular weight is 1010 g/mol. The van der Waals surface area contributed by atoms with E-state index in [2.05, 4.69) is 124 Å². The van der Waals surface area contributed by atoms with E-state index in [-0.39, 0.29) is 0 Å². The van der Waals surface area contributed by atoms with Crippen molar-refractivity contribution in [3.05, 3.63) is 108 Å². The Kier molecular flexibility index (Phi) is 24.5. The molecule has 73 heavy (non-hydrogen) atoms. The second-order valence-electron chi connectivity index (χ2n) is 19.4. The van der Waals surface area contributed by atoms with Gasteiger partial charge in [-0.1, -0.05) is 173 Å². The van der Waals surface area contributed by atoms with Crippen molar-refractivity contribution in [2.75, 3.05) is 33.0 Å². The first-order chi connectivity index (χ1) is 35.9. The molecule has 0 saturated carbocycles. The molecule has 1 heterocycles. The largest absolute Gasteiger partial charge is 0.493 e. The lowest BCUT2D eigenvalue weighted by atomic mass is 9.89. The van der Waals surface area contributed by atoms with Gasteiger partial charge in [0.1, 0.15) is 39.8 Å². The summed E-state index contributed by atoms with van der Waals surface area (Å²) in [5.41, 5.74) is 11.1. The molecule has 390 valence electrons. The van der Waals surface area contributed by atoms with E-state index in [1.165, 1.54) is 50.3 Å². The van der Waals surface area contributed by atoms with Gasteiger partial charge in [0.2, 0.25) is 0 Å². The van der Waals surface area contributed by atoms with Crippen molar-refractivity contribution in [1.29, 1.82) is 0 Å². The van der Waals surface area contributed by atoms with Crippen LogP contribution in [-0.2, 0) is 0 Å². The van der Waals surface area contributed by atoms with Crippen LogP contribution in [0.1, 0.15) is 176 Å². The summed E-state index contributed by atoms with van der Waals surface area (Å²) in [4.78, 5) is 3.58. The maximum Gasteiger partial charge on any atom is 0.163 e. The Morgan fingerprint density at radius 3 is 1.26 bits per heavy atom. The molecule has 0 aliphatic carbocycles. The lowest BCUT2D eigenvalue weighted by Gasteiger charge is -2.23. The van der Waals surface area contributed by atoms with Gasteiger partial charge >= 0.3 is 0 Å². The van der Waals surface area contributed by atoms with Gasteiger partial charge in [-0.15, -0.1) is 0 Å². The minimum atomic E-state index is 0.568. The zero-order valence-electron chi connectivity index (χ0n) is 45.1. The van der Waals surface area contributed by atoms with Gasteiger partial charge < -0.3 is 23.7 Å². The quantitative estimate of drug-likeness (QED) is 0.0290. The third-order valence-electron chi connectivity index (χ3n) is 13.4. The molecule has 6 aromatic rings. The first-order valence-electron chi connectivity index (χ1n) is 27.9. The van der Waals surface area contributed by atoms with Gasteiger partial charge in [0.05, 0.1) is 51.3 Å². The molecule has 6 rings (SSSR count). The highest BCUT2D eigenvalue weighted by Gasteiger charge is 2.24. The van der Waals surface area contributed by atoms with E-state index in [0.717, 1.165) is 180 Å². The lowest BCUT2D eigenvalue weighted by Crippen LogP contribution is -2.05. The summed E-state index contributed by atoms with van der Waals surface area (Å²) in [6.45, 7) is 23.5. The van der Waals surface area contributed by atoms with Crippen LogP contribution < -0.4 is 23.7 Å². The Labute approximate surface area is 443 Å². The van der Waals surface area contributed by atoms with Gasteiger partial charge in [-0.25, -0.2) is 4.85 Å². The van der Waals surface area contributed by atoms with Crippen LogP contribution in [-0.4, -0.2) is 41.8 Å². The molecule has 0 spiro atoms. The first kappa shape index (κ1) is 56.4. The van der Waals surface area contributed by atoms with Crippen molar-refractivity contribution < 1.29 is 23.7 Å². The van der Waals surface area contributed by atoms with Gasteiger partial charge in [-0.3, -0.25) is 0 Å². The van der Waals surface area contributed by atoms with Crippen LogP contribution in [0.5, 0.6) is 28.7 Å². The molecule has 0 saturated heterocycles. The molecule has 8 nitrogen and oxygen atoms in total. The van der Waals surface area contributed by atoms with Gasteiger partial charge in [-0.05, 0) is 92.1 Å². The highest BCUT2D eigenvalue weighted by atomic mass is 32.1. The lowest BCUT2D eigenvalue weighted by molar-refractivity contribution is 0.290. The molecule has 0 N–H and O–H groups in total. The predicted molar refractivity (Wildman–Crippen MR) is 308 cm³/mol. The van der Waals surface area contributed by atoms with Crippen LogP contribution in [0.3, 0.4) is 0 Å². The molecule has 5 aromatic carbocycles. The number of nitrogens with zero attached hydrogens (tertiary/aromatic N) is 3. The minimum Gasteiger partial charge on any atom is -0.493 e. The number of aromatic nitrogens is 2. The molecule has 0 fully saturated rings. The fraction of sp³-hybridized carbons (Fsp3) is 0.484. The van der Waals surface area contributed by atoms with E-state index >= 15 is 0 Å². The predicted octanol–water partition coefficient (Wildman–Crippen LogP) is 19.4. The Morgan fingerprint density at radius 1 is 0.438 bits per heavy atom. The standard InChI is InChI=1S/C64H83N3O5S/c1-8-13-18-23-38-68-52-32-34-56(60(46-52)70-40-25-20-15-10-3)58-44-51(55-37-36-54(62-63(55)67-73-66-62)50-30-28-49(29-31-50)43-48(6)65-7)45-59(64(58)72-42-27-22-17-12-5)57-35-33-53(69-39-24-19-14-9-2)47-61(57)71-41-26-21-16-11-4/h28-37,43-47H,8-27,38-42H2,1-6H3/b48-43-. The maximum absolute atomic E-state index is 7.41. The van der Waals surface area contributed by atoms with Crippen LogP contribution in [0, 0.1) is 6.57 Å². The molecule has 0 amide bonds. The zero-order valence-corrected chi connectivity index (χ0v) is 45.9. The number of hydrogen-bond donors (Lipinski definition) is 0. The molecule has 0 bridgehead atoms. The number of rotatable bonds is 35. The Morgan fingerprint density at radius 2 is 0.836 bits per heavy atom. The molecule has 0 aliphatic rings. The SMILES string of the molecule is [C-]#[N+]/C(C)=C\c1ccc(-c2ccc(-c3cc(-c4ccc(OCCCCCC)cc4OCCCCCC)c(OCCCCCC)c(-c4ccc(OCCCCCC)cc4OCCCCCC)c3)c3nsnc23)cc1. The number of hydrogen-bond acceptors (Lipinski definition) is 8.